The van der Waals surface area contributed by atoms with Crippen molar-refractivity contribution in [3.05, 3.63) is 0 Å². The molecule has 0 aromatic carbocycles. The van der Waals surface area contributed by atoms with Crippen molar-refractivity contribution in [3.63, 3.8) is 0 Å². The maximum absolute atomic E-state index is 6.21. The molecule has 1 fully saturated rings. The third kappa shape index (κ3) is 5.26. The Bertz CT molecular complexity index is 312. The van der Waals surface area contributed by atoms with E-state index in [-0.39, 0.29) is 10.7 Å². The Kier molecular flexibility index (Phi) is 12.4. The van der Waals surface area contributed by atoms with Gasteiger partial charge in [-0.25, -0.2) is 0 Å². The first-order chi connectivity index (χ1) is 11.2. The molecule has 0 aromatic rings. The molecule has 0 saturated carbocycles. The molecule has 1 heterocycles. The first-order valence-corrected chi connectivity index (χ1v) is 11.4. The zero-order valence-corrected chi connectivity index (χ0v) is 17.5. The van der Waals surface area contributed by atoms with Gasteiger partial charge in [0, 0.05) is 34.5 Å². The molecule has 0 aliphatic carbocycles. The molecule has 146 valence electrons. The van der Waals surface area contributed by atoms with Crippen LogP contribution in [0.2, 0.25) is 6.04 Å². The monoisotopic (exact) mass is 364 g/mol. The number of hydrogen-bond acceptors (Lipinski definition) is 4. The van der Waals surface area contributed by atoms with E-state index in [1.54, 1.807) is 0 Å². The van der Waals surface area contributed by atoms with Gasteiger partial charge in [-0.15, -0.1) is 0 Å². The maximum atomic E-state index is 6.21. The van der Waals surface area contributed by atoms with E-state index in [9.17, 15) is 0 Å². The minimum Gasteiger partial charge on any atom is -0.412 e. The van der Waals surface area contributed by atoms with Crippen LogP contribution >= 0.6 is 0 Å². The standard InChI is InChI=1S/C18H38O4Si.H2O/c1-6-13-18(19-3)17(11-8-9-15-22-14-7-2)12-10-16-23(18,20-4)21-5;/h17H,6-16H2,1-5H3;1H2. The van der Waals surface area contributed by atoms with Gasteiger partial charge >= 0.3 is 8.56 Å². The van der Waals surface area contributed by atoms with E-state index in [0.717, 1.165) is 44.9 Å². The van der Waals surface area contributed by atoms with Gasteiger partial charge in [-0.05, 0) is 44.1 Å². The Hall–Kier alpha value is 0.0169. The second-order valence-corrected chi connectivity index (χ2v) is 10.4. The molecule has 1 saturated heterocycles. The number of rotatable bonds is 12. The third-order valence-corrected chi connectivity index (χ3v) is 9.93. The molecule has 0 amide bonds. The van der Waals surface area contributed by atoms with Crippen LogP contribution in [0, 0.1) is 5.92 Å². The fourth-order valence-corrected chi connectivity index (χ4v) is 8.59. The summed E-state index contributed by atoms with van der Waals surface area (Å²) in [5, 5.41) is -0.201. The molecule has 2 atom stereocenters. The predicted molar refractivity (Wildman–Crippen MR) is 101 cm³/mol. The normalized spacial score (nSPS) is 26.1. The van der Waals surface area contributed by atoms with Gasteiger partial charge in [0.15, 0.2) is 0 Å². The van der Waals surface area contributed by atoms with Crippen molar-refractivity contribution in [1.82, 2.24) is 0 Å². The fraction of sp³-hybridized carbons (Fsp3) is 1.00. The summed E-state index contributed by atoms with van der Waals surface area (Å²) in [6.45, 7) is 6.14. The maximum Gasteiger partial charge on any atom is 0.371 e. The summed E-state index contributed by atoms with van der Waals surface area (Å²) < 4.78 is 23.9. The van der Waals surface area contributed by atoms with Crippen molar-refractivity contribution < 1.29 is 23.8 Å². The van der Waals surface area contributed by atoms with E-state index in [1.165, 1.54) is 25.7 Å². The summed E-state index contributed by atoms with van der Waals surface area (Å²) in [4.78, 5) is 0. The average Bonchev–Trinajstić information content (AvgIpc) is 2.59. The number of hydrogen-bond donors (Lipinski definition) is 0. The summed E-state index contributed by atoms with van der Waals surface area (Å²) in [7, 11) is 3.17. The van der Waals surface area contributed by atoms with Crippen LogP contribution < -0.4 is 0 Å². The van der Waals surface area contributed by atoms with Crippen molar-refractivity contribution in [1.29, 1.82) is 0 Å². The topological polar surface area (TPSA) is 68.4 Å². The quantitative estimate of drug-likeness (QED) is 0.392. The molecule has 1 rings (SSSR count). The molecule has 0 aromatic heterocycles. The number of methoxy groups -OCH3 is 1. The predicted octanol–water partition coefficient (Wildman–Crippen LogP) is 3.63. The summed E-state index contributed by atoms with van der Waals surface area (Å²) in [6.07, 6.45) is 9.18. The molecule has 0 radical (unpaired) electrons. The minimum atomic E-state index is -2.33. The van der Waals surface area contributed by atoms with Crippen LogP contribution in [0.15, 0.2) is 0 Å². The molecule has 6 heteroatoms. The second kappa shape index (κ2) is 12.4. The summed E-state index contributed by atoms with van der Waals surface area (Å²) >= 11 is 0. The van der Waals surface area contributed by atoms with E-state index < -0.39 is 8.56 Å². The molecule has 2 unspecified atom stereocenters. The molecule has 0 bridgehead atoms. The lowest BCUT2D eigenvalue weighted by atomic mass is 9.87. The Labute approximate surface area is 150 Å². The molecule has 24 heavy (non-hydrogen) atoms. The van der Waals surface area contributed by atoms with Crippen molar-refractivity contribution in [2.24, 2.45) is 5.92 Å². The minimum absolute atomic E-state index is 0. The van der Waals surface area contributed by atoms with Gasteiger partial charge in [0.25, 0.3) is 0 Å². The second-order valence-electron chi connectivity index (χ2n) is 6.70. The average molecular weight is 365 g/mol. The first kappa shape index (κ1) is 24.0. The summed E-state index contributed by atoms with van der Waals surface area (Å²) in [5.41, 5.74) is 0. The highest BCUT2D eigenvalue weighted by atomic mass is 28.4. The number of ether oxygens (including phenoxy) is 2. The van der Waals surface area contributed by atoms with Gasteiger partial charge in [-0.2, -0.15) is 0 Å². The SMILES string of the molecule is CCCOCCCCC1CCC[Si](OC)(OC)C1(CCC)OC.O. The zero-order valence-electron chi connectivity index (χ0n) is 16.5. The van der Waals surface area contributed by atoms with Gasteiger partial charge in [-0.1, -0.05) is 33.1 Å². The molecule has 2 N–H and O–H groups in total. The van der Waals surface area contributed by atoms with Crippen LogP contribution in [0.4, 0.5) is 0 Å². The van der Waals surface area contributed by atoms with E-state index >= 15 is 0 Å². The zero-order chi connectivity index (χ0) is 17.2. The van der Waals surface area contributed by atoms with Crippen LogP contribution in [-0.4, -0.2) is 53.8 Å². The van der Waals surface area contributed by atoms with Crippen molar-refractivity contribution >= 4 is 8.56 Å². The van der Waals surface area contributed by atoms with E-state index in [0.29, 0.717) is 5.92 Å². The lowest BCUT2D eigenvalue weighted by Crippen LogP contribution is -2.68. The van der Waals surface area contributed by atoms with Crippen LogP contribution in [0.25, 0.3) is 0 Å². The molecular weight excluding hydrogens is 324 g/mol. The molecule has 0 spiro atoms. The molecule has 1 aliphatic heterocycles. The fourth-order valence-electron chi connectivity index (χ4n) is 4.38. The summed E-state index contributed by atoms with van der Waals surface area (Å²) in [6, 6.07) is 1.05. The van der Waals surface area contributed by atoms with Gasteiger partial charge < -0.3 is 23.8 Å². The van der Waals surface area contributed by atoms with Gasteiger partial charge in [0.1, 0.15) is 5.22 Å². The highest BCUT2D eigenvalue weighted by molar-refractivity contribution is 6.70. The number of unbranched alkanes of at least 4 members (excludes halogenated alkanes) is 1. The lowest BCUT2D eigenvalue weighted by molar-refractivity contribution is -0.0570. The highest BCUT2D eigenvalue weighted by Gasteiger charge is 2.62. The van der Waals surface area contributed by atoms with Gasteiger partial charge in [-0.3, -0.25) is 0 Å². The van der Waals surface area contributed by atoms with E-state index in [4.69, 9.17) is 18.3 Å². The smallest absolute Gasteiger partial charge is 0.371 e. The highest BCUT2D eigenvalue weighted by Crippen LogP contribution is 2.48. The molecular formula is C18H40O5Si. The molecule has 1 aliphatic rings. The van der Waals surface area contributed by atoms with Crippen LogP contribution in [-0.2, 0) is 18.3 Å². The van der Waals surface area contributed by atoms with Gasteiger partial charge in [0.2, 0.25) is 0 Å². The summed E-state index contributed by atoms with van der Waals surface area (Å²) in [5.74, 6) is 0.541. The van der Waals surface area contributed by atoms with Crippen LogP contribution in [0.3, 0.4) is 0 Å². The Morgan fingerprint density at radius 3 is 2.25 bits per heavy atom. The Morgan fingerprint density at radius 1 is 1.00 bits per heavy atom. The van der Waals surface area contributed by atoms with Crippen molar-refractivity contribution in [2.45, 2.75) is 76.5 Å². The van der Waals surface area contributed by atoms with Gasteiger partial charge in [0.05, 0.1) is 0 Å². The Morgan fingerprint density at radius 2 is 1.71 bits per heavy atom. The van der Waals surface area contributed by atoms with Crippen molar-refractivity contribution in [2.75, 3.05) is 34.5 Å². The van der Waals surface area contributed by atoms with Crippen LogP contribution in [0.1, 0.15) is 65.2 Å². The third-order valence-electron chi connectivity index (χ3n) is 5.45. The van der Waals surface area contributed by atoms with Crippen LogP contribution in [0.5, 0.6) is 0 Å². The lowest BCUT2D eigenvalue weighted by Gasteiger charge is -2.52. The van der Waals surface area contributed by atoms with Crippen molar-refractivity contribution in [3.8, 4) is 0 Å². The van der Waals surface area contributed by atoms with E-state index in [1.807, 2.05) is 21.3 Å². The molecule has 5 nitrogen and oxygen atoms in total. The first-order valence-electron chi connectivity index (χ1n) is 9.39. The largest absolute Gasteiger partial charge is 0.412 e. The van der Waals surface area contributed by atoms with E-state index in [2.05, 4.69) is 13.8 Å². The Balaban J connectivity index is 0.00000529.